The van der Waals surface area contributed by atoms with Gasteiger partial charge in [-0.1, -0.05) is 5.46 Å². The molecule has 0 aliphatic rings. The van der Waals surface area contributed by atoms with Crippen molar-refractivity contribution in [3.63, 3.8) is 0 Å². The van der Waals surface area contributed by atoms with Crippen LogP contribution in [0.4, 0.5) is 10.1 Å². The van der Waals surface area contributed by atoms with Crippen LogP contribution in [0.3, 0.4) is 0 Å². The van der Waals surface area contributed by atoms with E-state index in [-0.39, 0.29) is 41.6 Å². The fraction of sp³-hybridized carbons (Fsp3) is 0.182. The Morgan fingerprint density at radius 3 is 2.73 bits per heavy atom. The van der Waals surface area contributed by atoms with Gasteiger partial charge >= 0.3 is 0 Å². The zero-order chi connectivity index (χ0) is 16.7. The molecule has 0 heterocycles. The molecular weight excluding hydrogens is 310 g/mol. The Hall–Kier alpha value is -2.11. The van der Waals surface area contributed by atoms with Crippen LogP contribution in [0.15, 0.2) is 28.2 Å². The lowest BCUT2D eigenvalue weighted by atomic mass is 9.95. The average Bonchev–Trinajstić information content (AvgIpc) is 2.46. The maximum atomic E-state index is 13.0. The summed E-state index contributed by atoms with van der Waals surface area (Å²) < 4.78 is 35.6. The van der Waals surface area contributed by atoms with Crippen LogP contribution in [0.2, 0.25) is 0 Å². The van der Waals surface area contributed by atoms with Crippen molar-refractivity contribution in [1.82, 2.24) is 4.72 Å². The monoisotopic (exact) mass is 323 g/mol. The molecule has 1 rings (SSSR count). The van der Waals surface area contributed by atoms with Crippen molar-refractivity contribution in [2.75, 3.05) is 13.1 Å². The molecule has 1 aromatic rings. The van der Waals surface area contributed by atoms with E-state index in [1.165, 1.54) is 12.1 Å². The quantitative estimate of drug-likeness (QED) is 0.156. The first kappa shape index (κ1) is 17.9. The van der Waals surface area contributed by atoms with Crippen molar-refractivity contribution in [3.05, 3.63) is 24.0 Å². The largest absolute Gasteiger partial charge is 0.760 e. The Morgan fingerprint density at radius 1 is 1.45 bits per heavy atom. The Balaban J connectivity index is 2.74. The highest BCUT2D eigenvalue weighted by Gasteiger charge is 2.08. The molecule has 22 heavy (non-hydrogen) atoms. The van der Waals surface area contributed by atoms with E-state index in [1.54, 1.807) is 0 Å². The van der Waals surface area contributed by atoms with Gasteiger partial charge < -0.3 is 16.0 Å². The molecule has 1 atom stereocenters. The molecule has 2 radical (unpaired) electrons. The number of rotatable bonds is 7. The Labute approximate surface area is 130 Å². The summed E-state index contributed by atoms with van der Waals surface area (Å²) in [6.07, 6.45) is 0. The molecular formula is C11H13BFN6O2S-. The number of hydrogen-bond donors (Lipinski definition) is 4. The molecule has 0 fully saturated rings. The van der Waals surface area contributed by atoms with Crippen molar-refractivity contribution in [3.8, 4) is 0 Å². The van der Waals surface area contributed by atoms with E-state index in [0.717, 1.165) is 6.07 Å². The molecule has 0 aromatic heterocycles. The molecule has 0 spiro atoms. The lowest BCUT2D eigenvalue weighted by Crippen LogP contribution is -2.36. The predicted molar refractivity (Wildman–Crippen MR) is 84.2 cm³/mol. The van der Waals surface area contributed by atoms with Crippen LogP contribution in [0.5, 0.6) is 0 Å². The van der Waals surface area contributed by atoms with Crippen molar-refractivity contribution in [2.45, 2.75) is 0 Å². The number of aliphatic imine (C=N–C) groups is 2. The van der Waals surface area contributed by atoms with Gasteiger partial charge in [-0.25, -0.2) is 14.1 Å². The Morgan fingerprint density at radius 2 is 2.14 bits per heavy atom. The first-order valence-corrected chi connectivity index (χ1v) is 7.00. The summed E-state index contributed by atoms with van der Waals surface area (Å²) >= 11 is -2.39. The summed E-state index contributed by atoms with van der Waals surface area (Å²) in [5.74, 6) is -1.01. The summed E-state index contributed by atoms with van der Waals surface area (Å²) in [4.78, 5) is 7.67. The summed E-state index contributed by atoms with van der Waals surface area (Å²) in [5.41, 5.74) is 11.0. The van der Waals surface area contributed by atoms with Gasteiger partial charge in [-0.15, -0.1) is 0 Å². The highest BCUT2D eigenvalue weighted by molar-refractivity contribution is 7.77. The van der Waals surface area contributed by atoms with Crippen LogP contribution < -0.4 is 21.7 Å². The first-order valence-electron chi connectivity index (χ1n) is 5.92. The highest BCUT2D eigenvalue weighted by Crippen LogP contribution is 2.10. The third-order valence-corrected chi connectivity index (χ3v) is 2.80. The molecule has 0 amide bonds. The van der Waals surface area contributed by atoms with Gasteiger partial charge in [-0.3, -0.25) is 14.6 Å². The molecule has 0 saturated heterocycles. The van der Waals surface area contributed by atoms with Gasteiger partial charge in [0.15, 0.2) is 5.84 Å². The lowest BCUT2D eigenvalue weighted by Gasteiger charge is -2.06. The predicted octanol–water partition coefficient (Wildman–Crippen LogP) is -1.63. The fourth-order valence-corrected chi connectivity index (χ4v) is 1.57. The maximum Gasteiger partial charge on any atom is 0.153 e. The minimum atomic E-state index is -2.39. The number of benzene rings is 1. The van der Waals surface area contributed by atoms with Crippen LogP contribution in [0.25, 0.3) is 0 Å². The maximum absolute atomic E-state index is 13.0. The van der Waals surface area contributed by atoms with Crippen LogP contribution in [0.1, 0.15) is 0 Å². The molecule has 11 heteroatoms. The molecule has 0 aliphatic carbocycles. The fourth-order valence-electron chi connectivity index (χ4n) is 1.31. The van der Waals surface area contributed by atoms with Gasteiger partial charge in [0.2, 0.25) is 0 Å². The van der Waals surface area contributed by atoms with Crippen molar-refractivity contribution >= 4 is 47.6 Å². The van der Waals surface area contributed by atoms with E-state index >= 15 is 0 Å². The number of nitrogens with one attached hydrogen (secondary N) is 2. The minimum Gasteiger partial charge on any atom is -0.760 e. The molecule has 0 aliphatic heterocycles. The molecule has 116 valence electrons. The smallest absolute Gasteiger partial charge is 0.153 e. The number of halogens is 1. The summed E-state index contributed by atoms with van der Waals surface area (Å²) in [6, 6.07) is 3.72. The lowest BCUT2D eigenvalue weighted by molar-refractivity contribution is 0.523. The first-order chi connectivity index (χ1) is 10.3. The highest BCUT2D eigenvalue weighted by atomic mass is 32.2. The number of amidine groups is 2. The third kappa shape index (κ3) is 5.72. The zero-order valence-electron chi connectivity index (χ0n) is 11.4. The average molecular weight is 323 g/mol. The summed E-state index contributed by atoms with van der Waals surface area (Å²) in [6.45, 7) is 0.0780. The minimum absolute atomic E-state index is 0.0373. The van der Waals surface area contributed by atoms with Gasteiger partial charge in [-0.05, 0) is 18.2 Å². The van der Waals surface area contributed by atoms with Gasteiger partial charge in [0.05, 0.1) is 12.2 Å². The number of nitrogens with two attached hydrogens (primary N) is 2. The molecule has 1 aromatic carbocycles. The SMILES string of the molecule is [B]c1cc(N=C(N)C(=N)C(N)=NCCNS(=O)[O-])ccc1F. The standard InChI is InChI=1S/C11H14BFN6O2S/c12-7-5-6(1-2-8(7)13)19-11(16)9(14)10(15)17-3-4-18-22(20)21/h1-2,5,14,18H,3-4H2,(H2,15,17)(H2,16,19)(H,20,21)/p-1. The molecule has 0 bridgehead atoms. The third-order valence-electron chi connectivity index (χ3n) is 2.36. The van der Waals surface area contributed by atoms with Crippen molar-refractivity contribution < 1.29 is 13.2 Å². The van der Waals surface area contributed by atoms with Gasteiger partial charge in [0.25, 0.3) is 0 Å². The van der Waals surface area contributed by atoms with Crippen molar-refractivity contribution in [2.24, 2.45) is 21.5 Å². The van der Waals surface area contributed by atoms with Crippen LogP contribution >= 0.6 is 0 Å². The van der Waals surface area contributed by atoms with E-state index in [1.807, 2.05) is 0 Å². The van der Waals surface area contributed by atoms with Gasteiger partial charge in [-0.2, -0.15) is 0 Å². The van der Waals surface area contributed by atoms with Crippen molar-refractivity contribution in [1.29, 1.82) is 5.41 Å². The molecule has 8 nitrogen and oxygen atoms in total. The second-order valence-electron chi connectivity index (χ2n) is 3.97. The van der Waals surface area contributed by atoms with E-state index in [0.29, 0.717) is 0 Å². The summed E-state index contributed by atoms with van der Waals surface area (Å²) in [7, 11) is 5.39. The molecule has 1 unspecified atom stereocenters. The second-order valence-corrected chi connectivity index (χ2v) is 4.73. The Bertz CT molecular complexity index is 651. The van der Waals surface area contributed by atoms with Gasteiger partial charge in [0, 0.05) is 17.8 Å². The van der Waals surface area contributed by atoms with Crippen LogP contribution in [-0.2, 0) is 11.3 Å². The van der Waals surface area contributed by atoms with E-state index < -0.39 is 17.1 Å². The van der Waals surface area contributed by atoms with Gasteiger partial charge in [0.1, 0.15) is 25.2 Å². The molecule has 0 saturated carbocycles. The second kappa shape index (κ2) is 8.36. The van der Waals surface area contributed by atoms with E-state index in [4.69, 9.17) is 24.7 Å². The van der Waals surface area contributed by atoms with E-state index in [2.05, 4.69) is 14.7 Å². The molecule has 6 N–H and O–H groups in total. The topological polar surface area (TPSA) is 153 Å². The zero-order valence-corrected chi connectivity index (χ0v) is 12.2. The van der Waals surface area contributed by atoms with Crippen LogP contribution in [0, 0.1) is 11.2 Å². The van der Waals surface area contributed by atoms with Crippen LogP contribution in [-0.4, -0.2) is 47.1 Å². The van der Waals surface area contributed by atoms with E-state index in [9.17, 15) is 13.2 Å². The number of hydrogen-bond acceptors (Lipinski definition) is 5. The number of nitrogens with zero attached hydrogens (tertiary/aromatic N) is 2. The summed E-state index contributed by atoms with van der Waals surface area (Å²) in [5, 5.41) is 7.71. The normalized spacial score (nSPS) is 13.9. The Kier molecular flexibility index (Phi) is 6.82.